The van der Waals surface area contributed by atoms with Crippen molar-refractivity contribution in [2.45, 2.75) is 77.6 Å². The zero-order chi connectivity index (χ0) is 15.6. The molecule has 0 N–H and O–H groups in total. The standard InChI is InChI=1S/C16H32O3Si/c1-12(15(17)18-5)13-10-8-9-11-14(13)19-20(6,7)16(2,3)4/h12-14H,8-11H2,1-7H3/t12?,13-,14+/m0/s1. The van der Waals surface area contributed by atoms with Gasteiger partial charge in [-0.05, 0) is 36.9 Å². The van der Waals surface area contributed by atoms with E-state index in [1.54, 1.807) is 0 Å². The van der Waals surface area contributed by atoms with Crippen LogP contribution in [0.4, 0.5) is 0 Å². The summed E-state index contributed by atoms with van der Waals surface area (Å²) in [6.07, 6.45) is 4.79. The Morgan fingerprint density at radius 3 is 2.25 bits per heavy atom. The van der Waals surface area contributed by atoms with Gasteiger partial charge in [-0.1, -0.05) is 40.5 Å². The Hall–Kier alpha value is -0.353. The van der Waals surface area contributed by atoms with Crippen molar-refractivity contribution in [1.82, 2.24) is 0 Å². The van der Waals surface area contributed by atoms with Gasteiger partial charge in [0, 0.05) is 6.10 Å². The van der Waals surface area contributed by atoms with Gasteiger partial charge in [0.1, 0.15) is 0 Å². The predicted molar refractivity (Wildman–Crippen MR) is 85.2 cm³/mol. The molecule has 0 saturated heterocycles. The van der Waals surface area contributed by atoms with E-state index in [2.05, 4.69) is 33.9 Å². The lowest BCUT2D eigenvalue weighted by Gasteiger charge is -2.44. The van der Waals surface area contributed by atoms with Crippen molar-refractivity contribution < 1.29 is 14.0 Å². The Kier molecular flexibility index (Phi) is 5.85. The normalized spacial score (nSPS) is 26.1. The lowest BCUT2D eigenvalue weighted by atomic mass is 9.79. The number of ether oxygens (including phenoxy) is 1. The van der Waals surface area contributed by atoms with Crippen molar-refractivity contribution in [3.63, 3.8) is 0 Å². The molecule has 1 aliphatic rings. The van der Waals surface area contributed by atoms with Crippen molar-refractivity contribution in [3.8, 4) is 0 Å². The second-order valence-corrected chi connectivity index (χ2v) is 12.4. The van der Waals surface area contributed by atoms with Crippen LogP contribution in [0.15, 0.2) is 0 Å². The van der Waals surface area contributed by atoms with Crippen LogP contribution in [-0.4, -0.2) is 27.5 Å². The first-order valence-corrected chi connectivity index (χ1v) is 10.8. The quantitative estimate of drug-likeness (QED) is 0.571. The lowest BCUT2D eigenvalue weighted by molar-refractivity contribution is -0.149. The van der Waals surface area contributed by atoms with Crippen LogP contribution < -0.4 is 0 Å². The van der Waals surface area contributed by atoms with Gasteiger partial charge in [-0.15, -0.1) is 0 Å². The third-order valence-corrected chi connectivity index (χ3v) is 9.73. The lowest BCUT2D eigenvalue weighted by Crippen LogP contribution is -2.48. The van der Waals surface area contributed by atoms with Crippen LogP contribution in [0, 0.1) is 11.8 Å². The topological polar surface area (TPSA) is 35.5 Å². The van der Waals surface area contributed by atoms with Gasteiger partial charge in [-0.3, -0.25) is 4.79 Å². The minimum absolute atomic E-state index is 0.0601. The summed E-state index contributed by atoms with van der Waals surface area (Å²) in [4.78, 5) is 11.9. The summed E-state index contributed by atoms with van der Waals surface area (Å²) < 4.78 is 11.5. The molecule has 0 aromatic heterocycles. The highest BCUT2D eigenvalue weighted by Gasteiger charge is 2.43. The summed E-state index contributed by atoms with van der Waals surface area (Å²) >= 11 is 0. The monoisotopic (exact) mass is 300 g/mol. The fourth-order valence-electron chi connectivity index (χ4n) is 2.76. The fraction of sp³-hybridized carbons (Fsp3) is 0.938. The van der Waals surface area contributed by atoms with Crippen molar-refractivity contribution in [1.29, 1.82) is 0 Å². The van der Waals surface area contributed by atoms with Gasteiger partial charge in [0.2, 0.25) is 0 Å². The summed E-state index contributed by atoms with van der Waals surface area (Å²) in [5.74, 6) is 0.154. The highest BCUT2D eigenvalue weighted by Crippen LogP contribution is 2.41. The second-order valence-electron chi connectivity index (χ2n) is 7.68. The number of rotatable bonds is 4. The Morgan fingerprint density at radius 2 is 1.75 bits per heavy atom. The molecule has 4 heteroatoms. The van der Waals surface area contributed by atoms with Crippen LogP contribution in [0.2, 0.25) is 18.1 Å². The van der Waals surface area contributed by atoms with Gasteiger partial charge in [-0.25, -0.2) is 0 Å². The molecule has 0 bridgehead atoms. The molecule has 0 aromatic carbocycles. The summed E-state index contributed by atoms with van der Waals surface area (Å²) in [5, 5.41) is 0.212. The SMILES string of the molecule is COC(=O)C(C)[C@@H]1CCCC[C@H]1O[Si](C)(C)C(C)(C)C. The maximum Gasteiger partial charge on any atom is 0.308 e. The zero-order valence-corrected chi connectivity index (χ0v) is 15.3. The van der Waals surface area contributed by atoms with Gasteiger partial charge in [0.25, 0.3) is 0 Å². The third kappa shape index (κ3) is 4.07. The molecule has 1 aliphatic carbocycles. The van der Waals surface area contributed by atoms with E-state index in [0.29, 0.717) is 5.92 Å². The van der Waals surface area contributed by atoms with E-state index in [-0.39, 0.29) is 23.0 Å². The minimum Gasteiger partial charge on any atom is -0.469 e. The molecule has 0 radical (unpaired) electrons. The van der Waals surface area contributed by atoms with E-state index in [4.69, 9.17) is 9.16 Å². The van der Waals surface area contributed by atoms with E-state index in [1.165, 1.54) is 20.0 Å². The molecular weight excluding hydrogens is 268 g/mol. The molecule has 0 spiro atoms. The smallest absolute Gasteiger partial charge is 0.308 e. The maximum atomic E-state index is 11.9. The first-order valence-electron chi connectivity index (χ1n) is 7.86. The van der Waals surface area contributed by atoms with Crippen molar-refractivity contribution in [2.24, 2.45) is 11.8 Å². The van der Waals surface area contributed by atoms with Gasteiger partial charge < -0.3 is 9.16 Å². The molecule has 1 unspecified atom stereocenters. The summed E-state index contributed by atoms with van der Waals surface area (Å²) in [6, 6.07) is 0. The third-order valence-electron chi connectivity index (χ3n) is 5.22. The number of methoxy groups -OCH3 is 1. The van der Waals surface area contributed by atoms with Crippen LogP contribution in [0.5, 0.6) is 0 Å². The molecule has 0 heterocycles. The fourth-order valence-corrected chi connectivity index (χ4v) is 4.16. The van der Waals surface area contributed by atoms with Crippen LogP contribution in [-0.2, 0) is 14.0 Å². The molecule has 0 aliphatic heterocycles. The van der Waals surface area contributed by atoms with Gasteiger partial charge in [0.15, 0.2) is 8.32 Å². The maximum absolute atomic E-state index is 11.9. The van der Waals surface area contributed by atoms with Gasteiger partial charge in [0.05, 0.1) is 13.0 Å². The number of carbonyl (C=O) groups is 1. The highest BCUT2D eigenvalue weighted by molar-refractivity contribution is 6.74. The van der Waals surface area contributed by atoms with Crippen LogP contribution >= 0.6 is 0 Å². The van der Waals surface area contributed by atoms with E-state index < -0.39 is 8.32 Å². The molecule has 1 fully saturated rings. The van der Waals surface area contributed by atoms with Crippen molar-refractivity contribution in [2.75, 3.05) is 7.11 Å². The van der Waals surface area contributed by atoms with E-state index in [0.717, 1.165) is 12.8 Å². The van der Waals surface area contributed by atoms with E-state index in [1.807, 2.05) is 6.92 Å². The largest absolute Gasteiger partial charge is 0.469 e. The van der Waals surface area contributed by atoms with E-state index >= 15 is 0 Å². The van der Waals surface area contributed by atoms with Gasteiger partial charge >= 0.3 is 5.97 Å². The molecule has 3 atom stereocenters. The summed E-state index contributed by atoms with van der Waals surface area (Å²) in [5.41, 5.74) is 0. The molecule has 118 valence electrons. The molecular formula is C16H32O3Si. The Bertz CT molecular complexity index is 333. The second kappa shape index (κ2) is 6.61. The van der Waals surface area contributed by atoms with Crippen molar-refractivity contribution in [3.05, 3.63) is 0 Å². The number of carbonyl (C=O) groups excluding carboxylic acids is 1. The van der Waals surface area contributed by atoms with Crippen LogP contribution in [0.25, 0.3) is 0 Å². The molecule has 20 heavy (non-hydrogen) atoms. The number of esters is 1. The van der Waals surface area contributed by atoms with Crippen molar-refractivity contribution >= 4 is 14.3 Å². The Morgan fingerprint density at radius 1 is 1.20 bits per heavy atom. The molecule has 1 saturated carbocycles. The first kappa shape index (κ1) is 17.7. The van der Waals surface area contributed by atoms with Crippen LogP contribution in [0.3, 0.4) is 0 Å². The first-order chi connectivity index (χ1) is 9.10. The summed E-state index contributed by atoms with van der Waals surface area (Å²) in [6.45, 7) is 13.4. The molecule has 0 aromatic rings. The molecule has 0 amide bonds. The van der Waals surface area contributed by atoms with E-state index in [9.17, 15) is 4.79 Å². The number of hydrogen-bond donors (Lipinski definition) is 0. The molecule has 1 rings (SSSR count). The Labute approximate surface area is 125 Å². The predicted octanol–water partition coefficient (Wildman–Crippen LogP) is 4.38. The average Bonchev–Trinajstić information content (AvgIpc) is 2.36. The minimum atomic E-state index is -1.78. The highest BCUT2D eigenvalue weighted by atomic mass is 28.4. The molecule has 3 nitrogen and oxygen atoms in total. The number of hydrogen-bond acceptors (Lipinski definition) is 3. The van der Waals surface area contributed by atoms with Crippen LogP contribution in [0.1, 0.15) is 53.4 Å². The summed E-state index contributed by atoms with van der Waals surface area (Å²) in [7, 11) is -0.300. The zero-order valence-electron chi connectivity index (χ0n) is 14.3. The van der Waals surface area contributed by atoms with Gasteiger partial charge in [-0.2, -0.15) is 0 Å². The average molecular weight is 301 g/mol. The Balaban J connectivity index is 2.82.